The Bertz CT molecular complexity index is 895. The minimum absolute atomic E-state index is 0.00531. The van der Waals surface area contributed by atoms with Crippen LogP contribution in [0.5, 0.6) is 0 Å². The van der Waals surface area contributed by atoms with Crippen molar-refractivity contribution in [1.82, 2.24) is 19.6 Å². The third-order valence-corrected chi connectivity index (χ3v) is 12.4. The predicted molar refractivity (Wildman–Crippen MR) is 148 cm³/mol. The number of hydrogen-bond donors (Lipinski definition) is 2. The first-order valence-corrected chi connectivity index (χ1v) is 17.2. The Labute approximate surface area is 223 Å². The molecule has 3 rings (SSSR count). The maximum Gasteiger partial charge on any atom is 0.226 e. The molecule has 5 unspecified atom stereocenters. The molecule has 37 heavy (non-hydrogen) atoms. The highest BCUT2D eigenvalue weighted by Crippen LogP contribution is 2.57. The lowest BCUT2D eigenvalue weighted by Crippen LogP contribution is -2.47. The van der Waals surface area contributed by atoms with E-state index in [-0.39, 0.29) is 6.29 Å². The number of pyridine rings is 1. The molecule has 0 amide bonds. The second-order valence-electron chi connectivity index (χ2n) is 10.5. The van der Waals surface area contributed by atoms with Gasteiger partial charge in [0.15, 0.2) is 6.20 Å². The largest absolute Gasteiger partial charge is 0.618 e. The first-order chi connectivity index (χ1) is 17.8. The zero-order valence-corrected chi connectivity index (χ0v) is 24.3. The molecule has 0 aliphatic carbocycles. The van der Waals surface area contributed by atoms with E-state index in [1.54, 1.807) is 12.3 Å². The van der Waals surface area contributed by atoms with E-state index in [0.717, 1.165) is 88.5 Å². The molecular formula is C25H47N5O5P2. The van der Waals surface area contributed by atoms with Gasteiger partial charge in [-0.3, -0.25) is 18.9 Å². The number of hydrogen-bond acceptors (Lipinski definition) is 7. The van der Waals surface area contributed by atoms with E-state index in [9.17, 15) is 24.1 Å². The van der Waals surface area contributed by atoms with Gasteiger partial charge in [-0.2, -0.15) is 4.73 Å². The van der Waals surface area contributed by atoms with Crippen molar-refractivity contribution in [1.29, 1.82) is 0 Å². The molecule has 2 aliphatic rings. The minimum atomic E-state index is -3.78. The van der Waals surface area contributed by atoms with Gasteiger partial charge >= 0.3 is 0 Å². The fourth-order valence-electron chi connectivity index (χ4n) is 5.36. The van der Waals surface area contributed by atoms with E-state index in [2.05, 4.69) is 26.5 Å². The lowest BCUT2D eigenvalue weighted by molar-refractivity contribution is -0.615. The van der Waals surface area contributed by atoms with Gasteiger partial charge in [-0.1, -0.05) is 26.2 Å². The Balaban J connectivity index is 1.61. The summed E-state index contributed by atoms with van der Waals surface area (Å²) < 4.78 is 26.3. The molecule has 12 heteroatoms. The van der Waals surface area contributed by atoms with Crippen molar-refractivity contribution in [2.45, 2.75) is 57.4 Å². The molecule has 0 spiro atoms. The summed E-state index contributed by atoms with van der Waals surface area (Å²) in [4.78, 5) is 30.1. The predicted octanol–water partition coefficient (Wildman–Crippen LogP) is 2.44. The molecule has 2 fully saturated rings. The van der Waals surface area contributed by atoms with Crippen LogP contribution < -0.4 is 4.73 Å². The van der Waals surface area contributed by atoms with Gasteiger partial charge in [-0.15, -0.1) is 0 Å². The SMILES string of the molecule is CCCCCC([PH](=O)O)P(=O)(O)CN1CCCN2CCN(CCCN(Cc3cccc[n+]3[O-])CC2)CC1. The van der Waals surface area contributed by atoms with E-state index in [0.29, 0.717) is 32.5 Å². The highest BCUT2D eigenvalue weighted by atomic mass is 31.2. The van der Waals surface area contributed by atoms with Gasteiger partial charge in [0.2, 0.25) is 21.1 Å². The van der Waals surface area contributed by atoms with Crippen LogP contribution in [0.25, 0.3) is 0 Å². The van der Waals surface area contributed by atoms with Crippen molar-refractivity contribution in [3.63, 3.8) is 0 Å². The number of aromatic nitrogens is 1. The smallest absolute Gasteiger partial charge is 0.226 e. The molecule has 3 heterocycles. The van der Waals surface area contributed by atoms with Crippen molar-refractivity contribution in [2.75, 3.05) is 71.7 Å². The zero-order chi connectivity index (χ0) is 26.7. The summed E-state index contributed by atoms with van der Waals surface area (Å²) in [5.41, 5.74) is 0.770. The van der Waals surface area contributed by atoms with Gasteiger partial charge in [0.1, 0.15) is 5.40 Å². The third-order valence-electron chi connectivity index (χ3n) is 7.64. The van der Waals surface area contributed by atoms with Crippen LogP contribution in [0.15, 0.2) is 24.4 Å². The van der Waals surface area contributed by atoms with E-state index in [1.807, 2.05) is 12.1 Å². The highest BCUT2D eigenvalue weighted by Gasteiger charge is 2.36. The number of unbranched alkanes of at least 4 members (excludes halogenated alkanes) is 2. The lowest BCUT2D eigenvalue weighted by atomic mass is 10.2. The average Bonchev–Trinajstić information content (AvgIpc) is 2.86. The molecular weight excluding hydrogens is 512 g/mol. The van der Waals surface area contributed by atoms with Crippen LogP contribution in [0, 0.1) is 5.21 Å². The molecule has 1 aromatic rings. The Hall–Kier alpha value is -0.830. The van der Waals surface area contributed by atoms with Gasteiger partial charge in [0.05, 0.1) is 12.8 Å². The maximum absolute atomic E-state index is 13.3. The summed E-state index contributed by atoms with van der Waals surface area (Å²) in [6, 6.07) is 5.56. The quantitative estimate of drug-likeness (QED) is 0.193. The Morgan fingerprint density at radius 1 is 0.973 bits per heavy atom. The standard InChI is InChI=1S/C25H47N5O5P2/c1-2-3-4-10-25(36(32)33)37(34,35)23-29-14-8-12-26-16-17-27(19-21-29)11-7-13-28(20-18-26)22-24-9-5-6-15-30(24)31/h5-6,9,15,25,36H,2-4,7-8,10-14,16-23H2,1H3,(H,32,33)(H,34,35). The molecule has 1 aromatic heterocycles. The van der Waals surface area contributed by atoms with Gasteiger partial charge < -0.3 is 24.8 Å². The Morgan fingerprint density at radius 2 is 1.59 bits per heavy atom. The molecule has 2 saturated heterocycles. The molecule has 0 aromatic carbocycles. The monoisotopic (exact) mass is 559 g/mol. The van der Waals surface area contributed by atoms with Crippen molar-refractivity contribution >= 4 is 15.4 Å². The summed E-state index contributed by atoms with van der Waals surface area (Å²) in [6.07, 6.45) is 6.35. The van der Waals surface area contributed by atoms with Gasteiger partial charge in [0.25, 0.3) is 0 Å². The second kappa shape index (κ2) is 15.7. The first kappa shape index (κ1) is 30.7. The van der Waals surface area contributed by atoms with Crippen molar-refractivity contribution in [2.24, 2.45) is 0 Å². The van der Waals surface area contributed by atoms with Crippen molar-refractivity contribution in [3.8, 4) is 0 Å². The topological polar surface area (TPSA) is 114 Å². The molecule has 0 radical (unpaired) electrons. The van der Waals surface area contributed by atoms with Crippen LogP contribution in [0.1, 0.15) is 51.1 Å². The molecule has 2 N–H and O–H groups in total. The zero-order valence-electron chi connectivity index (χ0n) is 22.4. The third kappa shape index (κ3) is 10.3. The van der Waals surface area contributed by atoms with Crippen LogP contribution >= 0.6 is 15.4 Å². The van der Waals surface area contributed by atoms with Gasteiger partial charge in [-0.05, 0) is 51.5 Å². The van der Waals surface area contributed by atoms with E-state index in [1.165, 1.54) is 0 Å². The molecule has 0 saturated carbocycles. The van der Waals surface area contributed by atoms with E-state index >= 15 is 0 Å². The maximum atomic E-state index is 13.3. The average molecular weight is 560 g/mol. The van der Waals surface area contributed by atoms with Crippen LogP contribution in [0.4, 0.5) is 0 Å². The molecule has 10 nitrogen and oxygen atoms in total. The Kier molecular flexibility index (Phi) is 13.0. The molecule has 2 bridgehead atoms. The summed E-state index contributed by atoms with van der Waals surface area (Å²) in [7, 11) is -6.86. The summed E-state index contributed by atoms with van der Waals surface area (Å²) in [5.74, 6) is 0. The summed E-state index contributed by atoms with van der Waals surface area (Å²) in [6.45, 7) is 11.4. The fraction of sp³-hybridized carbons (Fsp3) is 0.800. The van der Waals surface area contributed by atoms with Crippen LogP contribution in [-0.4, -0.2) is 107 Å². The number of nitrogens with zero attached hydrogens (tertiary/aromatic N) is 5. The fourth-order valence-corrected chi connectivity index (χ4v) is 9.08. The summed E-state index contributed by atoms with van der Waals surface area (Å²) in [5, 5.41) is 11.2. The van der Waals surface area contributed by atoms with E-state index < -0.39 is 20.8 Å². The van der Waals surface area contributed by atoms with Crippen molar-refractivity contribution in [3.05, 3.63) is 35.3 Å². The van der Waals surface area contributed by atoms with Crippen molar-refractivity contribution < 1.29 is 23.6 Å². The van der Waals surface area contributed by atoms with Gasteiger partial charge in [0, 0.05) is 51.4 Å². The second-order valence-corrected chi connectivity index (χ2v) is 14.8. The van der Waals surface area contributed by atoms with Crippen LogP contribution in [-0.2, 0) is 15.7 Å². The lowest BCUT2D eigenvalue weighted by Gasteiger charge is -2.36. The van der Waals surface area contributed by atoms with E-state index in [4.69, 9.17) is 0 Å². The Morgan fingerprint density at radius 3 is 2.22 bits per heavy atom. The summed E-state index contributed by atoms with van der Waals surface area (Å²) >= 11 is 0. The normalized spacial score (nSPS) is 26.2. The van der Waals surface area contributed by atoms with Gasteiger partial charge in [-0.25, -0.2) is 0 Å². The molecule has 2 aliphatic heterocycles. The molecule has 212 valence electrons. The van der Waals surface area contributed by atoms with Crippen LogP contribution in [0.3, 0.4) is 0 Å². The molecule has 5 atom stereocenters. The number of fused-ring (bicyclic) bond motifs is 3. The highest BCUT2D eigenvalue weighted by molar-refractivity contribution is 7.69. The minimum Gasteiger partial charge on any atom is -0.618 e. The van der Waals surface area contributed by atoms with Crippen LogP contribution in [0.2, 0.25) is 0 Å². The first-order valence-electron chi connectivity index (χ1n) is 13.9. The number of rotatable bonds is 10.